The zero-order chi connectivity index (χ0) is 18.0. The molecule has 1 amide bonds. The predicted molar refractivity (Wildman–Crippen MR) is 99.3 cm³/mol. The van der Waals surface area contributed by atoms with E-state index >= 15 is 0 Å². The molecule has 0 aliphatic carbocycles. The Balaban J connectivity index is 1.86. The number of hydrogen-bond acceptors (Lipinski definition) is 6. The Hall–Kier alpha value is -1.71. The molecule has 1 fully saturated rings. The van der Waals surface area contributed by atoms with E-state index < -0.39 is 16.8 Å². The Morgan fingerprint density at radius 1 is 1.24 bits per heavy atom. The van der Waals surface area contributed by atoms with E-state index in [0.29, 0.717) is 37.5 Å². The lowest BCUT2D eigenvalue weighted by Gasteiger charge is -2.43. The summed E-state index contributed by atoms with van der Waals surface area (Å²) in [5, 5.41) is 1.65. The number of rotatable bonds is 3. The van der Waals surface area contributed by atoms with Crippen LogP contribution in [-0.2, 0) is 4.79 Å². The second kappa shape index (κ2) is 7.27. The molecule has 7 nitrogen and oxygen atoms in total. The minimum Gasteiger partial charge on any atom is -0.340 e. The molecule has 25 heavy (non-hydrogen) atoms. The van der Waals surface area contributed by atoms with Gasteiger partial charge in [-0.15, -0.1) is 10.8 Å². The molecule has 8 heteroatoms. The molecule has 0 saturated carbocycles. The third-order valence-corrected chi connectivity index (χ3v) is 6.48. The molecule has 0 spiro atoms. The number of nitrogens with two attached hydrogens (primary N) is 1. The zero-order valence-corrected chi connectivity index (χ0v) is 15.0. The molecule has 1 atom stereocenters. The van der Waals surface area contributed by atoms with Gasteiger partial charge < -0.3 is 10.6 Å². The maximum Gasteiger partial charge on any atom is 0.239 e. The Kier molecular flexibility index (Phi) is 5.26. The van der Waals surface area contributed by atoms with Crippen molar-refractivity contribution in [2.75, 3.05) is 26.2 Å². The van der Waals surface area contributed by atoms with Crippen LogP contribution in [0.4, 0.5) is 0 Å². The number of amides is 1. The van der Waals surface area contributed by atoms with Crippen molar-refractivity contribution in [2.24, 2.45) is 5.73 Å². The van der Waals surface area contributed by atoms with Crippen LogP contribution in [0.25, 0.3) is 10.8 Å². The van der Waals surface area contributed by atoms with Crippen LogP contribution in [0, 0.1) is 0 Å². The first-order valence-corrected chi connectivity index (χ1v) is 9.82. The van der Waals surface area contributed by atoms with Crippen molar-refractivity contribution in [3.8, 4) is 0 Å². The van der Waals surface area contributed by atoms with Crippen molar-refractivity contribution >= 4 is 27.5 Å². The van der Waals surface area contributed by atoms with E-state index in [1.165, 1.54) is 0 Å². The van der Waals surface area contributed by atoms with Crippen LogP contribution >= 0.6 is 10.8 Å². The van der Waals surface area contributed by atoms with E-state index in [-0.39, 0.29) is 5.91 Å². The molecule has 2 heterocycles. The summed E-state index contributed by atoms with van der Waals surface area (Å²) in [5.74, 6) is -0.102. The number of pyridine rings is 1. The van der Waals surface area contributed by atoms with Crippen molar-refractivity contribution in [1.29, 1.82) is 0 Å². The smallest absolute Gasteiger partial charge is 0.239 e. The van der Waals surface area contributed by atoms with Gasteiger partial charge in [-0.05, 0) is 25.5 Å². The van der Waals surface area contributed by atoms with Crippen LogP contribution < -0.4 is 5.73 Å². The average molecular weight is 364 g/mol. The van der Waals surface area contributed by atoms with Gasteiger partial charge in [0.1, 0.15) is 0 Å². The van der Waals surface area contributed by atoms with Gasteiger partial charge in [0.25, 0.3) is 0 Å². The van der Waals surface area contributed by atoms with Gasteiger partial charge in [-0.25, -0.2) is 4.31 Å². The van der Waals surface area contributed by atoms with Crippen molar-refractivity contribution in [1.82, 2.24) is 14.2 Å². The first-order valence-electron chi connectivity index (χ1n) is 8.31. The van der Waals surface area contributed by atoms with Crippen LogP contribution in [0.3, 0.4) is 0 Å². The van der Waals surface area contributed by atoms with Crippen molar-refractivity contribution in [3.05, 3.63) is 36.7 Å². The highest BCUT2D eigenvalue weighted by molar-refractivity contribution is 8.22. The van der Waals surface area contributed by atoms with Crippen LogP contribution in [0.2, 0.25) is 0 Å². The lowest BCUT2D eigenvalue weighted by Crippen LogP contribution is -2.43. The molecule has 1 aromatic carbocycles. The summed E-state index contributed by atoms with van der Waals surface area (Å²) in [7, 11) is -3.15. The number of carbonyl (C=O) groups is 1. The summed E-state index contributed by atoms with van der Waals surface area (Å²) in [6, 6.07) is 6.69. The summed E-state index contributed by atoms with van der Waals surface area (Å²) in [4.78, 5) is 18.4. The number of hydrogen-bond donors (Lipinski definition) is 3. The van der Waals surface area contributed by atoms with Gasteiger partial charge in [0.2, 0.25) is 5.91 Å². The average Bonchev–Trinajstić information content (AvgIpc) is 2.87. The number of nitrogens with zero attached hydrogens (tertiary/aromatic N) is 3. The fourth-order valence-corrected chi connectivity index (χ4v) is 4.87. The van der Waals surface area contributed by atoms with Gasteiger partial charge in [-0.3, -0.25) is 18.9 Å². The minimum absolute atomic E-state index is 0.102. The maximum atomic E-state index is 12.1. The second-order valence-corrected chi connectivity index (χ2v) is 8.26. The first kappa shape index (κ1) is 18.1. The van der Waals surface area contributed by atoms with Crippen LogP contribution in [0.5, 0.6) is 0 Å². The maximum absolute atomic E-state index is 12.1. The zero-order valence-electron chi connectivity index (χ0n) is 14.2. The topological polar surface area (TPSA) is 103 Å². The summed E-state index contributed by atoms with van der Waals surface area (Å²) in [6.07, 6.45) is 4.02. The lowest BCUT2D eigenvalue weighted by atomic mass is 10.2. The van der Waals surface area contributed by atoms with E-state index in [9.17, 15) is 13.9 Å². The predicted octanol–water partition coefficient (Wildman–Crippen LogP) is 2.14. The van der Waals surface area contributed by atoms with Crippen molar-refractivity contribution < 1.29 is 13.9 Å². The van der Waals surface area contributed by atoms with E-state index in [0.717, 1.165) is 10.8 Å². The molecular formula is C17H24N4O3S. The summed E-state index contributed by atoms with van der Waals surface area (Å²) < 4.78 is 23.6. The van der Waals surface area contributed by atoms with Gasteiger partial charge in [0.05, 0.1) is 10.9 Å². The van der Waals surface area contributed by atoms with Crippen molar-refractivity contribution in [3.63, 3.8) is 0 Å². The van der Waals surface area contributed by atoms with Gasteiger partial charge in [0, 0.05) is 49.3 Å². The fourth-order valence-electron chi connectivity index (χ4n) is 3.13. The molecular weight excluding hydrogens is 340 g/mol. The highest BCUT2D eigenvalue weighted by Crippen LogP contribution is 2.54. The molecule has 1 aromatic heterocycles. The van der Waals surface area contributed by atoms with Gasteiger partial charge in [-0.1, -0.05) is 12.1 Å². The number of aromatic nitrogens is 1. The van der Waals surface area contributed by atoms with Crippen molar-refractivity contribution in [2.45, 2.75) is 24.3 Å². The Bertz CT molecular complexity index is 763. The Labute approximate surface area is 148 Å². The third-order valence-electron chi connectivity index (χ3n) is 4.45. The summed E-state index contributed by atoms with van der Waals surface area (Å²) >= 11 is 0. The highest BCUT2D eigenvalue weighted by Gasteiger charge is 2.30. The molecule has 136 valence electrons. The number of benzene rings is 1. The highest BCUT2D eigenvalue weighted by atomic mass is 32.3. The number of fused-ring (bicyclic) bond motifs is 1. The number of carbonyl (C=O) groups excluding carboxylic acids is 1. The summed E-state index contributed by atoms with van der Waals surface area (Å²) in [5.41, 5.74) is 5.69. The lowest BCUT2D eigenvalue weighted by molar-refractivity contribution is -0.132. The van der Waals surface area contributed by atoms with Crippen LogP contribution in [0.1, 0.15) is 13.3 Å². The molecule has 1 aliphatic rings. The quantitative estimate of drug-likeness (QED) is 0.771. The molecule has 3 rings (SSSR count). The standard InChI is InChI=1S/C17H24N4O3S/c1-13(18)17(22)20-8-3-9-21(11-10-20)25(23,24)16-5-2-4-14-12-19-7-6-15(14)16/h2,4-7,12-13,23-24H,3,8-11,18H2,1H3/t13-/m1/s1. The molecule has 2 aromatic rings. The van der Waals surface area contributed by atoms with E-state index in [1.807, 2.05) is 6.07 Å². The minimum atomic E-state index is -3.15. The van der Waals surface area contributed by atoms with Crippen LogP contribution in [-0.4, -0.2) is 61.4 Å². The largest absolute Gasteiger partial charge is 0.340 e. The van der Waals surface area contributed by atoms with E-state index in [4.69, 9.17) is 5.73 Å². The van der Waals surface area contributed by atoms with Gasteiger partial charge in [-0.2, -0.15) is 0 Å². The SMILES string of the molecule is C[C@@H](N)C(=O)N1CCCN(S(O)(O)c2cccc3cnccc23)CC1. The van der Waals surface area contributed by atoms with E-state index in [1.54, 1.807) is 46.7 Å². The third kappa shape index (κ3) is 3.63. The van der Waals surface area contributed by atoms with Crippen LogP contribution in [0.15, 0.2) is 41.6 Å². The Morgan fingerprint density at radius 3 is 2.80 bits per heavy atom. The monoisotopic (exact) mass is 364 g/mol. The second-order valence-electron chi connectivity index (χ2n) is 6.27. The van der Waals surface area contributed by atoms with Gasteiger partial charge >= 0.3 is 0 Å². The van der Waals surface area contributed by atoms with E-state index in [2.05, 4.69) is 4.98 Å². The molecule has 0 radical (unpaired) electrons. The molecule has 4 N–H and O–H groups in total. The normalized spacial score (nSPS) is 18.8. The first-order chi connectivity index (χ1) is 11.9. The molecule has 0 unspecified atom stereocenters. The molecule has 1 aliphatic heterocycles. The molecule has 1 saturated heterocycles. The summed E-state index contributed by atoms with van der Waals surface area (Å²) in [6.45, 7) is 3.58. The fraction of sp³-hybridized carbons (Fsp3) is 0.412. The Morgan fingerprint density at radius 2 is 2.04 bits per heavy atom. The van der Waals surface area contributed by atoms with Gasteiger partial charge in [0.15, 0.2) is 0 Å². The molecule has 0 bridgehead atoms.